The van der Waals surface area contributed by atoms with Gasteiger partial charge in [-0.15, -0.1) is 11.3 Å². The highest BCUT2D eigenvalue weighted by atomic mass is 35.5. The number of nitrogens with zero attached hydrogens (tertiary/aromatic N) is 2. The molecule has 2 rings (SSSR count). The van der Waals surface area contributed by atoms with Gasteiger partial charge in [-0.05, 0) is 17.9 Å². The zero-order valence-corrected chi connectivity index (χ0v) is 9.94. The van der Waals surface area contributed by atoms with Crippen molar-refractivity contribution in [3.8, 4) is 0 Å². The van der Waals surface area contributed by atoms with Crippen LogP contribution in [0.1, 0.15) is 19.2 Å². The van der Waals surface area contributed by atoms with Crippen LogP contribution in [-0.2, 0) is 11.3 Å². The van der Waals surface area contributed by atoms with E-state index in [1.165, 1.54) is 0 Å². The van der Waals surface area contributed by atoms with Crippen molar-refractivity contribution in [1.82, 2.24) is 9.97 Å². The maximum Gasteiger partial charge on any atom is 0.157 e. The molecule has 0 saturated heterocycles. The summed E-state index contributed by atoms with van der Waals surface area (Å²) in [6.45, 7) is 3.22. The molecule has 2 aromatic heterocycles. The number of hydrogen-bond donors (Lipinski definition) is 0. The van der Waals surface area contributed by atoms with Crippen LogP contribution in [0, 0.1) is 0 Å². The molecule has 80 valence electrons. The minimum atomic E-state index is 0.432. The Kier molecular flexibility index (Phi) is 3.51. The Labute approximate surface area is 97.1 Å². The Balaban J connectivity index is 2.21. The third-order valence-electron chi connectivity index (χ3n) is 1.90. The van der Waals surface area contributed by atoms with Crippen molar-refractivity contribution in [3.05, 3.63) is 22.4 Å². The smallest absolute Gasteiger partial charge is 0.157 e. The number of fused-ring (bicyclic) bond motifs is 1. The molecule has 0 atom stereocenters. The summed E-state index contributed by atoms with van der Waals surface area (Å²) >= 11 is 7.58. The first-order valence-corrected chi connectivity index (χ1v) is 6.04. The van der Waals surface area contributed by atoms with Crippen LogP contribution in [0.15, 0.2) is 11.4 Å². The first kappa shape index (κ1) is 10.8. The van der Waals surface area contributed by atoms with Crippen molar-refractivity contribution < 1.29 is 4.74 Å². The lowest BCUT2D eigenvalue weighted by Crippen LogP contribution is -2.00. The summed E-state index contributed by atoms with van der Waals surface area (Å²) in [5, 5.41) is 3.39. The van der Waals surface area contributed by atoms with Gasteiger partial charge in [0.2, 0.25) is 0 Å². The molecule has 0 N–H and O–H groups in total. The van der Waals surface area contributed by atoms with E-state index in [9.17, 15) is 0 Å². The molecule has 0 aliphatic heterocycles. The fourth-order valence-electron chi connectivity index (χ4n) is 1.23. The topological polar surface area (TPSA) is 35.0 Å². The van der Waals surface area contributed by atoms with Crippen LogP contribution < -0.4 is 0 Å². The molecule has 0 aromatic carbocycles. The molecule has 0 unspecified atom stereocenters. The summed E-state index contributed by atoms with van der Waals surface area (Å²) < 4.78 is 5.37. The average molecular weight is 243 g/mol. The molecule has 3 nitrogen and oxygen atoms in total. The first-order chi connectivity index (χ1) is 7.31. The fraction of sp³-hybridized carbons (Fsp3) is 0.400. The lowest BCUT2D eigenvalue weighted by Gasteiger charge is -2.02. The number of hydrogen-bond acceptors (Lipinski definition) is 4. The molecule has 2 heterocycles. The Bertz CT molecular complexity index is 458. The van der Waals surface area contributed by atoms with Crippen LogP contribution in [-0.4, -0.2) is 16.6 Å². The Morgan fingerprint density at radius 2 is 2.33 bits per heavy atom. The van der Waals surface area contributed by atoms with E-state index in [0.29, 0.717) is 17.6 Å². The van der Waals surface area contributed by atoms with Gasteiger partial charge in [-0.25, -0.2) is 9.97 Å². The molecule has 0 spiro atoms. The fourth-order valence-corrected chi connectivity index (χ4v) is 2.32. The number of rotatable bonds is 4. The van der Waals surface area contributed by atoms with Gasteiger partial charge in [0, 0.05) is 12.0 Å². The van der Waals surface area contributed by atoms with E-state index in [1.807, 2.05) is 11.4 Å². The van der Waals surface area contributed by atoms with Gasteiger partial charge in [0.25, 0.3) is 0 Å². The summed E-state index contributed by atoms with van der Waals surface area (Å²) in [7, 11) is 0. The van der Waals surface area contributed by atoms with E-state index < -0.39 is 0 Å². The second-order valence-corrected chi connectivity index (χ2v) is 4.38. The quantitative estimate of drug-likeness (QED) is 0.610. The van der Waals surface area contributed by atoms with Crippen molar-refractivity contribution in [3.63, 3.8) is 0 Å². The van der Waals surface area contributed by atoms with Gasteiger partial charge in [-0.3, -0.25) is 0 Å². The van der Waals surface area contributed by atoms with Crippen LogP contribution in [0.4, 0.5) is 0 Å². The molecule has 0 radical (unpaired) electrons. The maximum absolute atomic E-state index is 6.02. The highest BCUT2D eigenvalue weighted by Crippen LogP contribution is 2.24. The van der Waals surface area contributed by atoms with Crippen molar-refractivity contribution in [2.45, 2.75) is 20.0 Å². The maximum atomic E-state index is 6.02. The second-order valence-electron chi connectivity index (χ2n) is 3.12. The molecule has 0 amide bonds. The molecule has 0 aliphatic rings. The Morgan fingerprint density at radius 1 is 1.47 bits per heavy atom. The predicted molar refractivity (Wildman–Crippen MR) is 62.4 cm³/mol. The standard InChI is InChI=1S/C10H11ClN2OS/c1-2-4-14-6-8-12-9(11)7-3-5-15-10(7)13-8/h3,5H,2,4,6H2,1H3. The number of thiophene rings is 1. The highest BCUT2D eigenvalue weighted by Gasteiger charge is 2.06. The zero-order chi connectivity index (χ0) is 10.7. The lowest BCUT2D eigenvalue weighted by molar-refractivity contribution is 0.116. The van der Waals surface area contributed by atoms with Crippen LogP contribution >= 0.6 is 22.9 Å². The molecule has 0 fully saturated rings. The van der Waals surface area contributed by atoms with E-state index in [0.717, 1.165) is 23.2 Å². The highest BCUT2D eigenvalue weighted by molar-refractivity contribution is 7.16. The van der Waals surface area contributed by atoms with Crippen molar-refractivity contribution >= 4 is 33.2 Å². The predicted octanol–water partition coefficient (Wildman–Crippen LogP) is 3.27. The largest absolute Gasteiger partial charge is 0.373 e. The molecule has 0 aliphatic carbocycles. The van der Waals surface area contributed by atoms with Gasteiger partial charge in [-0.2, -0.15) is 0 Å². The van der Waals surface area contributed by atoms with Crippen molar-refractivity contribution in [2.24, 2.45) is 0 Å². The third-order valence-corrected chi connectivity index (χ3v) is 3.00. The van der Waals surface area contributed by atoms with Gasteiger partial charge in [-0.1, -0.05) is 18.5 Å². The van der Waals surface area contributed by atoms with Crippen LogP contribution in [0.2, 0.25) is 5.15 Å². The summed E-state index contributed by atoms with van der Waals surface area (Å²) in [4.78, 5) is 9.47. The third kappa shape index (κ3) is 2.45. The summed E-state index contributed by atoms with van der Waals surface area (Å²) in [6.07, 6.45) is 0.995. The van der Waals surface area contributed by atoms with Crippen LogP contribution in [0.25, 0.3) is 10.2 Å². The second kappa shape index (κ2) is 4.88. The van der Waals surface area contributed by atoms with E-state index in [4.69, 9.17) is 16.3 Å². The monoisotopic (exact) mass is 242 g/mol. The minimum Gasteiger partial charge on any atom is -0.373 e. The number of halogens is 1. The lowest BCUT2D eigenvalue weighted by atomic mass is 10.4. The normalized spacial score (nSPS) is 11.1. The number of aromatic nitrogens is 2. The van der Waals surface area contributed by atoms with Gasteiger partial charge < -0.3 is 4.74 Å². The van der Waals surface area contributed by atoms with Gasteiger partial charge >= 0.3 is 0 Å². The van der Waals surface area contributed by atoms with E-state index in [-0.39, 0.29) is 0 Å². The Hall–Kier alpha value is -0.710. The zero-order valence-electron chi connectivity index (χ0n) is 8.36. The van der Waals surface area contributed by atoms with Gasteiger partial charge in [0.15, 0.2) is 5.82 Å². The van der Waals surface area contributed by atoms with Gasteiger partial charge in [0.05, 0.1) is 0 Å². The molecular weight excluding hydrogens is 232 g/mol. The summed E-state index contributed by atoms with van der Waals surface area (Å²) in [5.74, 6) is 0.656. The van der Waals surface area contributed by atoms with Crippen molar-refractivity contribution in [1.29, 1.82) is 0 Å². The molecule has 15 heavy (non-hydrogen) atoms. The Morgan fingerprint density at radius 3 is 3.13 bits per heavy atom. The van der Waals surface area contributed by atoms with E-state index in [2.05, 4.69) is 16.9 Å². The first-order valence-electron chi connectivity index (χ1n) is 4.78. The molecule has 0 bridgehead atoms. The van der Waals surface area contributed by atoms with E-state index >= 15 is 0 Å². The molecule has 2 aromatic rings. The summed E-state index contributed by atoms with van der Waals surface area (Å²) in [6, 6.07) is 1.93. The van der Waals surface area contributed by atoms with E-state index in [1.54, 1.807) is 11.3 Å². The SMILES string of the molecule is CCCOCc1nc(Cl)c2ccsc2n1. The summed E-state index contributed by atoms with van der Waals surface area (Å²) in [5.41, 5.74) is 0. The van der Waals surface area contributed by atoms with Gasteiger partial charge in [0.1, 0.15) is 16.6 Å². The van der Waals surface area contributed by atoms with Crippen LogP contribution in [0.3, 0.4) is 0 Å². The minimum absolute atomic E-state index is 0.432. The molecule has 0 saturated carbocycles. The van der Waals surface area contributed by atoms with Crippen LogP contribution in [0.5, 0.6) is 0 Å². The molecular formula is C10H11ClN2OS. The molecule has 5 heteroatoms. The van der Waals surface area contributed by atoms with Crippen molar-refractivity contribution in [2.75, 3.05) is 6.61 Å². The average Bonchev–Trinajstić information content (AvgIpc) is 2.66. The number of ether oxygens (including phenoxy) is 1.